The van der Waals surface area contributed by atoms with Crippen LogP contribution in [0.25, 0.3) is 0 Å². The lowest BCUT2D eigenvalue weighted by Gasteiger charge is -2.25. The van der Waals surface area contributed by atoms with Gasteiger partial charge in [-0.15, -0.1) is 11.8 Å². The molecule has 0 N–H and O–H groups in total. The number of rotatable bonds is 6. The minimum absolute atomic E-state index is 0.121. The van der Waals surface area contributed by atoms with Crippen molar-refractivity contribution in [3.8, 4) is 0 Å². The van der Waals surface area contributed by atoms with Crippen LogP contribution in [0.5, 0.6) is 0 Å². The third kappa shape index (κ3) is 3.46. The topological polar surface area (TPSA) is 35.5 Å². The minimum Gasteiger partial charge on any atom is -0.304 e. The number of hydrogen-bond acceptors (Lipinski definition) is 5. The lowest BCUT2D eigenvalue weighted by atomic mass is 10.8. The SMILES string of the molecule is CCOP(=O)(OCC)C(F)(F)C(=S)SC. The Hall–Kier alpha value is 0.450. The Morgan fingerprint density at radius 1 is 1.40 bits per heavy atom. The van der Waals surface area contributed by atoms with Crippen molar-refractivity contribution in [2.45, 2.75) is 19.5 Å². The van der Waals surface area contributed by atoms with Crippen molar-refractivity contribution in [3.05, 3.63) is 0 Å². The van der Waals surface area contributed by atoms with E-state index in [0.717, 1.165) is 0 Å². The van der Waals surface area contributed by atoms with Crippen molar-refractivity contribution in [3.63, 3.8) is 0 Å². The predicted molar refractivity (Wildman–Crippen MR) is 61.9 cm³/mol. The summed E-state index contributed by atoms with van der Waals surface area (Å²) in [6.07, 6.45) is 1.39. The first-order chi connectivity index (χ1) is 6.85. The van der Waals surface area contributed by atoms with Crippen molar-refractivity contribution < 1.29 is 22.4 Å². The van der Waals surface area contributed by atoms with Gasteiger partial charge < -0.3 is 9.05 Å². The maximum absolute atomic E-state index is 13.6. The number of thioether (sulfide) groups is 1. The smallest absolute Gasteiger partial charge is 0.304 e. The molecule has 0 rings (SSSR count). The Morgan fingerprint density at radius 3 is 2.07 bits per heavy atom. The van der Waals surface area contributed by atoms with E-state index in [-0.39, 0.29) is 13.2 Å². The van der Waals surface area contributed by atoms with Gasteiger partial charge in [0.25, 0.3) is 0 Å². The molecule has 0 spiro atoms. The first-order valence-corrected chi connectivity index (χ1v) is 7.38. The van der Waals surface area contributed by atoms with Crippen molar-refractivity contribution in [2.75, 3.05) is 19.5 Å². The zero-order valence-corrected chi connectivity index (χ0v) is 11.2. The summed E-state index contributed by atoms with van der Waals surface area (Å²) in [4.78, 5) is 0. The maximum Gasteiger partial charge on any atom is 0.405 e. The van der Waals surface area contributed by atoms with Crippen LogP contribution in [0.1, 0.15) is 13.8 Å². The molecular weight excluding hydrogens is 265 g/mol. The van der Waals surface area contributed by atoms with Gasteiger partial charge >= 0.3 is 13.3 Å². The summed E-state index contributed by atoms with van der Waals surface area (Å²) in [5, 5.41) is 0. The fraction of sp³-hybridized carbons (Fsp3) is 0.857. The first-order valence-electron chi connectivity index (χ1n) is 4.21. The molecule has 0 bridgehead atoms. The molecule has 0 atom stereocenters. The van der Waals surface area contributed by atoms with Crippen molar-refractivity contribution in [1.82, 2.24) is 0 Å². The Labute approximate surface area is 97.4 Å². The van der Waals surface area contributed by atoms with Gasteiger partial charge in [-0.1, -0.05) is 12.2 Å². The van der Waals surface area contributed by atoms with Crippen LogP contribution in [0, 0.1) is 0 Å². The summed E-state index contributed by atoms with van der Waals surface area (Å²) >= 11 is 5.11. The highest BCUT2D eigenvalue weighted by Gasteiger charge is 2.56. The highest BCUT2D eigenvalue weighted by atomic mass is 32.2. The predicted octanol–water partition coefficient (Wildman–Crippen LogP) is 3.54. The minimum atomic E-state index is -4.49. The van der Waals surface area contributed by atoms with Crippen molar-refractivity contribution >= 4 is 35.8 Å². The van der Waals surface area contributed by atoms with Gasteiger partial charge in [0.15, 0.2) is 0 Å². The second-order valence-corrected chi connectivity index (χ2v) is 5.92. The van der Waals surface area contributed by atoms with E-state index in [4.69, 9.17) is 0 Å². The van der Waals surface area contributed by atoms with Crippen LogP contribution in [0.3, 0.4) is 0 Å². The lowest BCUT2D eigenvalue weighted by molar-refractivity contribution is 0.0987. The molecule has 0 radical (unpaired) electrons. The van der Waals surface area contributed by atoms with Gasteiger partial charge in [-0.05, 0) is 20.1 Å². The first kappa shape index (κ1) is 15.4. The normalized spacial score (nSPS) is 12.9. The summed E-state index contributed by atoms with van der Waals surface area (Å²) in [7, 11) is -4.49. The van der Waals surface area contributed by atoms with Gasteiger partial charge in [0.05, 0.1) is 13.2 Å². The summed E-state index contributed by atoms with van der Waals surface area (Å²) in [5.41, 5.74) is -3.73. The van der Waals surface area contributed by atoms with E-state index in [2.05, 4.69) is 21.3 Å². The molecule has 15 heavy (non-hydrogen) atoms. The number of thiocarbonyl (C=S) groups is 1. The summed E-state index contributed by atoms with van der Waals surface area (Å²) < 4.78 is 47.3. The molecule has 90 valence electrons. The molecule has 0 aromatic carbocycles. The third-order valence-electron chi connectivity index (χ3n) is 1.37. The molecule has 0 saturated heterocycles. The Kier molecular flexibility index (Phi) is 6.44. The van der Waals surface area contributed by atoms with E-state index in [1.807, 2.05) is 0 Å². The van der Waals surface area contributed by atoms with Crippen molar-refractivity contribution in [1.29, 1.82) is 0 Å². The van der Waals surface area contributed by atoms with E-state index >= 15 is 0 Å². The second-order valence-electron chi connectivity index (χ2n) is 2.37. The van der Waals surface area contributed by atoms with E-state index in [1.54, 1.807) is 0 Å². The van der Waals surface area contributed by atoms with Gasteiger partial charge in [-0.2, -0.15) is 8.78 Å². The zero-order chi connectivity index (χ0) is 12.1. The summed E-state index contributed by atoms with van der Waals surface area (Å²) in [6, 6.07) is 0. The average molecular weight is 278 g/mol. The number of halogens is 2. The molecule has 0 heterocycles. The van der Waals surface area contributed by atoms with Gasteiger partial charge in [0, 0.05) is 0 Å². The summed E-state index contributed by atoms with van der Waals surface area (Å²) in [6.45, 7) is 2.68. The van der Waals surface area contributed by atoms with E-state index in [1.165, 1.54) is 20.1 Å². The maximum atomic E-state index is 13.6. The van der Waals surface area contributed by atoms with Crippen LogP contribution >= 0.6 is 31.6 Å². The fourth-order valence-corrected chi connectivity index (χ4v) is 3.27. The Morgan fingerprint density at radius 2 is 1.80 bits per heavy atom. The zero-order valence-electron chi connectivity index (χ0n) is 8.66. The largest absolute Gasteiger partial charge is 0.405 e. The molecule has 0 aromatic heterocycles. The molecular formula is C7H13F2O3PS2. The second kappa shape index (κ2) is 6.25. The van der Waals surface area contributed by atoms with Crippen LogP contribution in [0.4, 0.5) is 8.78 Å². The quantitative estimate of drug-likeness (QED) is 0.548. The van der Waals surface area contributed by atoms with Gasteiger partial charge in [0.1, 0.15) is 4.20 Å². The van der Waals surface area contributed by atoms with Crippen LogP contribution in [-0.4, -0.2) is 29.3 Å². The molecule has 0 aliphatic carbocycles. The summed E-state index contributed by atoms with van der Waals surface area (Å²) in [5.74, 6) is 0. The lowest BCUT2D eigenvalue weighted by Crippen LogP contribution is -2.27. The van der Waals surface area contributed by atoms with Gasteiger partial charge in [-0.25, -0.2) is 0 Å². The molecule has 8 heteroatoms. The van der Waals surface area contributed by atoms with Gasteiger partial charge in [-0.3, -0.25) is 4.57 Å². The van der Waals surface area contributed by atoms with Crippen LogP contribution in [-0.2, 0) is 13.6 Å². The molecule has 0 fully saturated rings. The molecule has 3 nitrogen and oxygen atoms in total. The molecule has 0 saturated carbocycles. The molecule has 0 aromatic rings. The highest BCUT2D eigenvalue weighted by molar-refractivity contribution is 8.23. The van der Waals surface area contributed by atoms with Crippen molar-refractivity contribution in [2.24, 2.45) is 0 Å². The van der Waals surface area contributed by atoms with E-state index in [0.29, 0.717) is 11.8 Å². The third-order valence-corrected chi connectivity index (χ3v) is 5.17. The van der Waals surface area contributed by atoms with Crippen LogP contribution < -0.4 is 0 Å². The Balaban J connectivity index is 5.05. The monoisotopic (exact) mass is 278 g/mol. The van der Waals surface area contributed by atoms with Gasteiger partial charge in [0.2, 0.25) is 0 Å². The molecule has 0 aliphatic rings. The molecule has 0 unspecified atom stereocenters. The average Bonchev–Trinajstić information content (AvgIpc) is 2.17. The standard InChI is InChI=1S/C7H13F2O3PS2/c1-4-11-13(10,12-5-2)7(8,9)6(14)15-3/h4-5H2,1-3H3. The number of hydrogen-bond donors (Lipinski definition) is 0. The van der Waals surface area contributed by atoms with Crippen LogP contribution in [0.15, 0.2) is 0 Å². The van der Waals surface area contributed by atoms with E-state index < -0.39 is 17.5 Å². The molecule has 0 amide bonds. The Bertz CT molecular complexity index is 263. The fourth-order valence-electron chi connectivity index (χ4n) is 0.774. The highest BCUT2D eigenvalue weighted by Crippen LogP contribution is 2.63. The number of alkyl halides is 2. The molecule has 0 aliphatic heterocycles. The van der Waals surface area contributed by atoms with Crippen LogP contribution in [0.2, 0.25) is 0 Å². The van der Waals surface area contributed by atoms with E-state index in [9.17, 15) is 13.3 Å².